The number of hydrogen-bond acceptors (Lipinski definition) is 2. The normalized spacial score (nSPS) is 9.29. The number of nitrogens with zero attached hydrogens (tertiary/aromatic N) is 1. The van der Waals surface area contributed by atoms with E-state index in [2.05, 4.69) is 5.32 Å². The summed E-state index contributed by atoms with van der Waals surface area (Å²) in [5.41, 5.74) is 0.437. The first-order valence-electron chi connectivity index (χ1n) is 3.91. The number of urea groups is 1. The smallest absolute Gasteiger partial charge is 0.328 e. The van der Waals surface area contributed by atoms with E-state index in [1.807, 2.05) is 0 Å². The Morgan fingerprint density at radius 3 is 2.79 bits per heavy atom. The maximum absolute atomic E-state index is 11.2. The lowest BCUT2D eigenvalue weighted by atomic mass is 10.3. The van der Waals surface area contributed by atoms with Gasteiger partial charge in [-0.05, 0) is 18.2 Å². The number of halogens is 1. The third kappa shape index (κ3) is 2.23. The van der Waals surface area contributed by atoms with E-state index in [0.29, 0.717) is 17.1 Å². The van der Waals surface area contributed by atoms with E-state index in [-0.39, 0.29) is 0 Å². The molecule has 1 aromatic rings. The standard InChI is InChI=1S/C9H9ClN2O2/c1-11-9(14)12(6-13)8-4-2-3-7(10)5-8/h2-6H,1H3,(H,11,14). The van der Waals surface area contributed by atoms with E-state index in [9.17, 15) is 9.59 Å². The second-order valence-corrected chi connectivity index (χ2v) is 2.95. The number of hydrogen-bond donors (Lipinski definition) is 1. The van der Waals surface area contributed by atoms with Gasteiger partial charge in [-0.3, -0.25) is 4.79 Å². The van der Waals surface area contributed by atoms with E-state index in [1.165, 1.54) is 13.1 Å². The number of benzene rings is 1. The Balaban J connectivity index is 3.00. The number of imide groups is 1. The van der Waals surface area contributed by atoms with Gasteiger partial charge >= 0.3 is 6.03 Å². The fraction of sp³-hybridized carbons (Fsp3) is 0.111. The van der Waals surface area contributed by atoms with Crippen molar-refractivity contribution < 1.29 is 9.59 Å². The average molecular weight is 213 g/mol. The summed E-state index contributed by atoms with van der Waals surface area (Å²) in [7, 11) is 1.45. The van der Waals surface area contributed by atoms with Crippen LogP contribution in [-0.4, -0.2) is 19.5 Å². The first-order valence-corrected chi connectivity index (χ1v) is 4.28. The van der Waals surface area contributed by atoms with Gasteiger partial charge in [-0.2, -0.15) is 0 Å². The molecule has 1 N–H and O–H groups in total. The van der Waals surface area contributed by atoms with Crippen molar-refractivity contribution in [3.63, 3.8) is 0 Å². The zero-order chi connectivity index (χ0) is 10.6. The second kappa shape index (κ2) is 4.62. The quantitative estimate of drug-likeness (QED) is 0.758. The zero-order valence-corrected chi connectivity index (χ0v) is 8.28. The van der Waals surface area contributed by atoms with Crippen molar-refractivity contribution in [2.75, 3.05) is 11.9 Å². The van der Waals surface area contributed by atoms with Gasteiger partial charge in [0.1, 0.15) is 0 Å². The highest BCUT2D eigenvalue weighted by molar-refractivity contribution is 6.31. The van der Waals surface area contributed by atoms with Crippen molar-refractivity contribution >= 4 is 29.7 Å². The summed E-state index contributed by atoms with van der Waals surface area (Å²) in [4.78, 5) is 22.8. The summed E-state index contributed by atoms with van der Waals surface area (Å²) in [6, 6.07) is 5.98. The highest BCUT2D eigenvalue weighted by Gasteiger charge is 2.12. The molecule has 0 aliphatic heterocycles. The maximum atomic E-state index is 11.2. The summed E-state index contributed by atoms with van der Waals surface area (Å²) >= 11 is 5.72. The van der Waals surface area contributed by atoms with E-state index < -0.39 is 6.03 Å². The molecular formula is C9H9ClN2O2. The molecule has 0 spiro atoms. The maximum Gasteiger partial charge on any atom is 0.328 e. The molecule has 5 heteroatoms. The molecule has 0 aliphatic rings. The molecule has 0 radical (unpaired) electrons. The van der Waals surface area contributed by atoms with E-state index in [0.717, 1.165) is 4.90 Å². The van der Waals surface area contributed by atoms with Crippen molar-refractivity contribution in [1.29, 1.82) is 0 Å². The number of nitrogens with one attached hydrogen (secondary N) is 1. The molecule has 0 heterocycles. The molecule has 4 nitrogen and oxygen atoms in total. The third-order valence-corrected chi connectivity index (χ3v) is 1.86. The third-order valence-electron chi connectivity index (χ3n) is 1.62. The van der Waals surface area contributed by atoms with Crippen LogP contribution in [0.3, 0.4) is 0 Å². The summed E-state index contributed by atoms with van der Waals surface area (Å²) in [5, 5.41) is 2.82. The Bertz CT molecular complexity index is 354. The number of rotatable bonds is 2. The van der Waals surface area contributed by atoms with Crippen LogP contribution in [0.25, 0.3) is 0 Å². The SMILES string of the molecule is CNC(=O)N(C=O)c1cccc(Cl)c1. The largest absolute Gasteiger partial charge is 0.340 e. The van der Waals surface area contributed by atoms with Crippen LogP contribution in [0.1, 0.15) is 0 Å². The summed E-state index contributed by atoms with van der Waals surface area (Å²) in [5.74, 6) is 0. The number of anilines is 1. The Kier molecular flexibility index (Phi) is 3.48. The van der Waals surface area contributed by atoms with Crippen LogP contribution in [0.4, 0.5) is 10.5 Å². The van der Waals surface area contributed by atoms with Gasteiger partial charge in [0.2, 0.25) is 6.41 Å². The molecule has 0 saturated carbocycles. The highest BCUT2D eigenvalue weighted by atomic mass is 35.5. The highest BCUT2D eigenvalue weighted by Crippen LogP contribution is 2.18. The molecule has 74 valence electrons. The molecule has 0 unspecified atom stereocenters. The summed E-state index contributed by atoms with van der Waals surface area (Å²) in [6.07, 6.45) is 0.435. The second-order valence-electron chi connectivity index (χ2n) is 2.51. The van der Waals surface area contributed by atoms with Gasteiger partial charge in [0.15, 0.2) is 0 Å². The van der Waals surface area contributed by atoms with Gasteiger partial charge in [0.25, 0.3) is 0 Å². The minimum atomic E-state index is -0.498. The summed E-state index contributed by atoms with van der Waals surface area (Å²) in [6.45, 7) is 0. The molecule has 0 fully saturated rings. The van der Waals surface area contributed by atoms with Crippen molar-refractivity contribution in [1.82, 2.24) is 5.32 Å². The van der Waals surface area contributed by atoms with Crippen LogP contribution in [0.2, 0.25) is 5.02 Å². The van der Waals surface area contributed by atoms with Gasteiger partial charge < -0.3 is 5.32 Å². The van der Waals surface area contributed by atoms with Crippen LogP contribution < -0.4 is 10.2 Å². The lowest BCUT2D eigenvalue weighted by Crippen LogP contribution is -2.36. The first-order chi connectivity index (χ1) is 6.69. The van der Waals surface area contributed by atoms with Gasteiger partial charge in [-0.15, -0.1) is 0 Å². The topological polar surface area (TPSA) is 49.4 Å². The molecule has 3 amide bonds. The van der Waals surface area contributed by atoms with E-state index in [1.54, 1.807) is 18.2 Å². The van der Waals surface area contributed by atoms with Gasteiger partial charge in [0, 0.05) is 12.1 Å². The van der Waals surface area contributed by atoms with Crippen molar-refractivity contribution in [2.45, 2.75) is 0 Å². The van der Waals surface area contributed by atoms with Crippen LogP contribution in [0, 0.1) is 0 Å². The molecule has 1 aromatic carbocycles. The van der Waals surface area contributed by atoms with Gasteiger partial charge in [0.05, 0.1) is 5.69 Å². The Morgan fingerprint density at radius 1 is 1.57 bits per heavy atom. The van der Waals surface area contributed by atoms with Crippen LogP contribution >= 0.6 is 11.6 Å². The lowest BCUT2D eigenvalue weighted by molar-refractivity contribution is -0.106. The fourth-order valence-electron chi connectivity index (χ4n) is 0.972. The molecule has 0 bridgehead atoms. The van der Waals surface area contributed by atoms with Gasteiger partial charge in [-0.25, -0.2) is 9.69 Å². The van der Waals surface area contributed by atoms with Crippen LogP contribution in [-0.2, 0) is 4.79 Å². The van der Waals surface area contributed by atoms with Crippen LogP contribution in [0.15, 0.2) is 24.3 Å². The zero-order valence-electron chi connectivity index (χ0n) is 7.53. The molecule has 14 heavy (non-hydrogen) atoms. The Hall–Kier alpha value is -1.55. The lowest BCUT2D eigenvalue weighted by Gasteiger charge is -2.14. The van der Waals surface area contributed by atoms with Crippen molar-refractivity contribution in [2.24, 2.45) is 0 Å². The molecular weight excluding hydrogens is 204 g/mol. The molecule has 0 aliphatic carbocycles. The molecule has 0 aromatic heterocycles. The Labute approximate surface area is 86.5 Å². The van der Waals surface area contributed by atoms with Gasteiger partial charge in [-0.1, -0.05) is 17.7 Å². The molecule has 0 atom stereocenters. The van der Waals surface area contributed by atoms with E-state index in [4.69, 9.17) is 11.6 Å². The van der Waals surface area contributed by atoms with Crippen molar-refractivity contribution in [3.8, 4) is 0 Å². The molecule has 0 saturated heterocycles. The number of carbonyl (C=O) groups is 2. The Morgan fingerprint density at radius 2 is 2.29 bits per heavy atom. The average Bonchev–Trinajstić information content (AvgIpc) is 2.19. The fourth-order valence-corrected chi connectivity index (χ4v) is 1.16. The van der Waals surface area contributed by atoms with E-state index >= 15 is 0 Å². The molecule has 1 rings (SSSR count). The monoisotopic (exact) mass is 212 g/mol. The number of carbonyl (C=O) groups excluding carboxylic acids is 2. The minimum absolute atomic E-state index is 0.435. The number of amides is 3. The summed E-state index contributed by atoms with van der Waals surface area (Å²) < 4.78 is 0. The minimum Gasteiger partial charge on any atom is -0.340 e. The van der Waals surface area contributed by atoms with Crippen LogP contribution in [0.5, 0.6) is 0 Å². The first kappa shape index (κ1) is 10.5. The predicted molar refractivity (Wildman–Crippen MR) is 54.5 cm³/mol. The predicted octanol–water partition coefficient (Wildman–Crippen LogP) is 1.64. The van der Waals surface area contributed by atoms with Crippen molar-refractivity contribution in [3.05, 3.63) is 29.3 Å².